The van der Waals surface area contributed by atoms with E-state index in [1.807, 2.05) is 0 Å². The average Bonchev–Trinajstić information content (AvgIpc) is 2.51. The third-order valence-corrected chi connectivity index (χ3v) is 2.81. The van der Waals surface area contributed by atoms with Gasteiger partial charge in [0.2, 0.25) is 5.91 Å². The van der Waals surface area contributed by atoms with Crippen molar-refractivity contribution in [2.75, 3.05) is 5.32 Å². The Balaban J connectivity index is 1.85. The van der Waals surface area contributed by atoms with E-state index in [0.29, 0.717) is 0 Å². The van der Waals surface area contributed by atoms with Crippen LogP contribution < -0.4 is 10.9 Å². The van der Waals surface area contributed by atoms with Crippen LogP contribution in [-0.4, -0.2) is 30.9 Å². The van der Waals surface area contributed by atoms with Crippen LogP contribution in [0.4, 0.5) is 10.2 Å². The van der Waals surface area contributed by atoms with E-state index in [4.69, 9.17) is 0 Å². The van der Waals surface area contributed by atoms with Gasteiger partial charge in [0.25, 0.3) is 5.56 Å². The van der Waals surface area contributed by atoms with Gasteiger partial charge in [-0.1, -0.05) is 5.21 Å². The predicted octanol–water partition coefficient (Wildman–Crippen LogP) is 0.359. The van der Waals surface area contributed by atoms with Crippen LogP contribution in [0, 0.1) is 5.82 Å². The number of benzene rings is 1. The summed E-state index contributed by atoms with van der Waals surface area (Å²) in [4.78, 5) is 31.7. The van der Waals surface area contributed by atoms with Gasteiger partial charge < -0.3 is 5.32 Å². The lowest BCUT2D eigenvalue weighted by Gasteiger charge is -2.05. The molecule has 0 unspecified atom stereocenters. The number of carbonyl (C=O) groups is 1. The molecule has 0 bridgehead atoms. The van der Waals surface area contributed by atoms with Gasteiger partial charge in [-0.25, -0.2) is 14.1 Å². The SMILES string of the molecule is O=C(Cn1nnc2cc(F)ccc2c1=O)Nc1cnccn1. The molecule has 1 aromatic carbocycles. The molecule has 8 nitrogen and oxygen atoms in total. The Morgan fingerprint density at radius 3 is 2.95 bits per heavy atom. The molecule has 0 atom stereocenters. The van der Waals surface area contributed by atoms with Crippen molar-refractivity contribution in [2.45, 2.75) is 6.54 Å². The van der Waals surface area contributed by atoms with Gasteiger partial charge in [-0.05, 0) is 12.1 Å². The third-order valence-electron chi connectivity index (χ3n) is 2.81. The van der Waals surface area contributed by atoms with Gasteiger partial charge in [-0.2, -0.15) is 0 Å². The van der Waals surface area contributed by atoms with Crippen molar-refractivity contribution in [3.8, 4) is 0 Å². The van der Waals surface area contributed by atoms with E-state index in [1.54, 1.807) is 0 Å². The third kappa shape index (κ3) is 2.77. The Bertz CT molecular complexity index is 896. The molecular weight excluding hydrogens is 291 g/mol. The quantitative estimate of drug-likeness (QED) is 0.749. The molecule has 3 aromatic rings. The number of anilines is 1. The van der Waals surface area contributed by atoms with Gasteiger partial charge in [0.1, 0.15) is 17.9 Å². The number of carbonyl (C=O) groups excluding carboxylic acids is 1. The lowest BCUT2D eigenvalue weighted by atomic mass is 10.2. The standard InChI is InChI=1S/C13H9FN6O2/c14-8-1-2-9-10(5-8)18-19-20(13(9)22)7-12(21)17-11-6-15-3-4-16-11/h1-6H,7H2,(H,16,17,21). The first kappa shape index (κ1) is 13.7. The zero-order valence-corrected chi connectivity index (χ0v) is 11.1. The van der Waals surface area contributed by atoms with Crippen molar-refractivity contribution in [1.82, 2.24) is 25.0 Å². The van der Waals surface area contributed by atoms with E-state index in [0.717, 1.165) is 16.8 Å². The van der Waals surface area contributed by atoms with Gasteiger partial charge in [0, 0.05) is 18.5 Å². The minimum atomic E-state index is -0.528. The lowest BCUT2D eigenvalue weighted by molar-refractivity contribution is -0.117. The molecule has 22 heavy (non-hydrogen) atoms. The Morgan fingerprint density at radius 1 is 1.32 bits per heavy atom. The topological polar surface area (TPSA) is 103 Å². The minimum Gasteiger partial charge on any atom is -0.308 e. The second-order valence-electron chi connectivity index (χ2n) is 4.35. The van der Waals surface area contributed by atoms with Gasteiger partial charge in [0.15, 0.2) is 5.82 Å². The molecule has 3 rings (SSSR count). The summed E-state index contributed by atoms with van der Waals surface area (Å²) in [5, 5.41) is 10.0. The van der Waals surface area contributed by atoms with Crippen molar-refractivity contribution in [2.24, 2.45) is 0 Å². The van der Waals surface area contributed by atoms with Crippen LogP contribution in [0.5, 0.6) is 0 Å². The molecule has 0 fully saturated rings. The van der Waals surface area contributed by atoms with E-state index in [2.05, 4.69) is 25.6 Å². The van der Waals surface area contributed by atoms with Crippen molar-refractivity contribution in [3.05, 3.63) is 53.0 Å². The van der Waals surface area contributed by atoms with E-state index < -0.39 is 17.3 Å². The first-order valence-electron chi connectivity index (χ1n) is 6.22. The summed E-state index contributed by atoms with van der Waals surface area (Å²) >= 11 is 0. The Hall–Kier alpha value is -3.23. The number of halogens is 1. The number of hydrogen-bond acceptors (Lipinski definition) is 6. The lowest BCUT2D eigenvalue weighted by Crippen LogP contribution is -2.30. The summed E-state index contributed by atoms with van der Waals surface area (Å²) in [6.45, 7) is -0.338. The van der Waals surface area contributed by atoms with Crippen LogP contribution in [0.3, 0.4) is 0 Å². The molecular formula is C13H9FN6O2. The maximum atomic E-state index is 13.1. The van der Waals surface area contributed by atoms with Gasteiger partial charge >= 0.3 is 0 Å². The van der Waals surface area contributed by atoms with Crippen LogP contribution in [0.2, 0.25) is 0 Å². The van der Waals surface area contributed by atoms with Crippen LogP contribution in [0.1, 0.15) is 0 Å². The summed E-state index contributed by atoms with van der Waals surface area (Å²) in [6, 6.07) is 3.56. The number of nitrogens with zero attached hydrogens (tertiary/aromatic N) is 5. The summed E-state index contributed by atoms with van der Waals surface area (Å²) in [5.74, 6) is -0.755. The molecule has 2 aromatic heterocycles. The largest absolute Gasteiger partial charge is 0.308 e. The fourth-order valence-corrected chi connectivity index (χ4v) is 1.84. The van der Waals surface area contributed by atoms with Gasteiger partial charge in [0.05, 0.1) is 11.6 Å². The maximum absolute atomic E-state index is 13.1. The fourth-order valence-electron chi connectivity index (χ4n) is 1.84. The molecule has 0 saturated heterocycles. The summed E-state index contributed by atoms with van der Waals surface area (Å²) < 4.78 is 14.0. The van der Waals surface area contributed by atoms with Crippen LogP contribution >= 0.6 is 0 Å². The van der Waals surface area contributed by atoms with Gasteiger partial charge in [-0.3, -0.25) is 14.6 Å². The number of hydrogen-bond donors (Lipinski definition) is 1. The average molecular weight is 300 g/mol. The summed E-state index contributed by atoms with van der Waals surface area (Å²) in [7, 11) is 0. The highest BCUT2D eigenvalue weighted by Crippen LogP contribution is 2.07. The molecule has 0 radical (unpaired) electrons. The van der Waals surface area contributed by atoms with E-state index in [1.165, 1.54) is 24.7 Å². The fraction of sp³-hybridized carbons (Fsp3) is 0.0769. The first-order chi connectivity index (χ1) is 10.6. The molecule has 2 heterocycles. The molecule has 1 amide bonds. The van der Waals surface area contributed by atoms with Crippen molar-refractivity contribution >= 4 is 22.6 Å². The Labute approximate surface area is 122 Å². The van der Waals surface area contributed by atoms with E-state index in [-0.39, 0.29) is 23.3 Å². The normalized spacial score (nSPS) is 10.6. The molecule has 0 saturated carbocycles. The molecule has 9 heteroatoms. The number of rotatable bonds is 3. The second kappa shape index (κ2) is 5.64. The molecule has 0 aliphatic rings. The Kier molecular flexibility index (Phi) is 3.52. The van der Waals surface area contributed by atoms with Crippen LogP contribution in [0.25, 0.3) is 10.9 Å². The summed E-state index contributed by atoms with van der Waals surface area (Å²) in [6.07, 6.45) is 4.26. The maximum Gasteiger partial charge on any atom is 0.278 e. The Morgan fingerprint density at radius 2 is 2.18 bits per heavy atom. The molecule has 0 spiro atoms. The number of aromatic nitrogens is 5. The predicted molar refractivity (Wildman–Crippen MR) is 74.4 cm³/mol. The smallest absolute Gasteiger partial charge is 0.278 e. The van der Waals surface area contributed by atoms with Crippen molar-refractivity contribution in [1.29, 1.82) is 0 Å². The zero-order chi connectivity index (χ0) is 15.5. The molecule has 0 aliphatic carbocycles. The van der Waals surface area contributed by atoms with E-state index >= 15 is 0 Å². The molecule has 0 aliphatic heterocycles. The van der Waals surface area contributed by atoms with E-state index in [9.17, 15) is 14.0 Å². The highest BCUT2D eigenvalue weighted by atomic mass is 19.1. The highest BCUT2D eigenvalue weighted by Gasteiger charge is 2.10. The number of nitrogens with one attached hydrogen (secondary N) is 1. The van der Waals surface area contributed by atoms with Crippen molar-refractivity contribution in [3.63, 3.8) is 0 Å². The number of amides is 1. The van der Waals surface area contributed by atoms with Gasteiger partial charge in [-0.15, -0.1) is 5.10 Å². The van der Waals surface area contributed by atoms with Crippen LogP contribution in [0.15, 0.2) is 41.6 Å². The van der Waals surface area contributed by atoms with Crippen molar-refractivity contribution < 1.29 is 9.18 Å². The monoisotopic (exact) mass is 300 g/mol. The highest BCUT2D eigenvalue weighted by molar-refractivity contribution is 5.89. The van der Waals surface area contributed by atoms with Crippen LogP contribution in [-0.2, 0) is 11.3 Å². The second-order valence-corrected chi connectivity index (χ2v) is 4.35. The zero-order valence-electron chi connectivity index (χ0n) is 11.1. The summed E-state index contributed by atoms with van der Waals surface area (Å²) in [5.41, 5.74) is -0.394. The minimum absolute atomic E-state index is 0.135. The molecule has 110 valence electrons. The molecule has 1 N–H and O–H groups in total. The number of fused-ring (bicyclic) bond motifs is 1. The first-order valence-corrected chi connectivity index (χ1v) is 6.22.